The molecule has 0 aromatic heterocycles. The normalized spacial score (nSPS) is 18.0. The molecular formula is C29H17B3BrO2S. The molecule has 0 saturated carbocycles. The van der Waals surface area contributed by atoms with E-state index in [2.05, 4.69) is 34.1 Å². The molecule has 2 aliphatic rings. The summed E-state index contributed by atoms with van der Waals surface area (Å²) in [5.41, 5.74) is 4.34. The molecule has 1 spiro atoms. The van der Waals surface area contributed by atoms with Crippen molar-refractivity contribution in [3.05, 3.63) is 98.4 Å². The van der Waals surface area contributed by atoms with Crippen molar-refractivity contribution < 1.29 is 10.2 Å². The van der Waals surface area contributed by atoms with Gasteiger partial charge in [-0.3, -0.25) is 0 Å². The molecule has 1 aliphatic heterocycles. The standard InChI is InChI=1S/C29H17B3BrO2S/c1-2-5-21-20(13-30)29(19-12-16(31)8-9-22(19)36-21)18-11-15-7-4-3-6-14(15)10-17(18)23-24(29)26(33)28(35)25(32)27(23)34/h2-13,34-35H,1H3/b5-2-. The Morgan fingerprint density at radius 1 is 0.944 bits per heavy atom. The van der Waals surface area contributed by atoms with E-state index in [4.69, 9.17) is 23.2 Å². The zero-order chi connectivity index (χ0) is 25.4. The monoisotopic (exact) mass is 541 g/mol. The number of aromatic hydroxyl groups is 2. The molecule has 1 heterocycles. The summed E-state index contributed by atoms with van der Waals surface area (Å²) in [5.74, 6) is 1.25. The maximum atomic E-state index is 11.4. The van der Waals surface area contributed by atoms with Crippen molar-refractivity contribution in [1.82, 2.24) is 0 Å². The van der Waals surface area contributed by atoms with Crippen molar-refractivity contribution in [2.24, 2.45) is 0 Å². The van der Waals surface area contributed by atoms with Gasteiger partial charge in [0, 0.05) is 0 Å². The quantitative estimate of drug-likeness (QED) is 0.358. The molecule has 5 radical (unpaired) electrons. The number of allylic oxidation sites excluding steroid dienone is 3. The molecule has 0 fully saturated rings. The molecule has 6 rings (SSSR count). The van der Waals surface area contributed by atoms with Gasteiger partial charge in [0.1, 0.15) is 0 Å². The molecule has 1 atom stereocenters. The fourth-order valence-electron chi connectivity index (χ4n) is 5.69. The van der Waals surface area contributed by atoms with E-state index in [1.54, 1.807) is 17.7 Å². The second-order valence-electron chi connectivity index (χ2n) is 8.97. The number of rotatable bonds is 2. The minimum atomic E-state index is -0.963. The van der Waals surface area contributed by atoms with Crippen LogP contribution >= 0.6 is 27.7 Å². The summed E-state index contributed by atoms with van der Waals surface area (Å²) in [4.78, 5) is 1.98. The summed E-state index contributed by atoms with van der Waals surface area (Å²) in [5, 5.41) is 24.5. The zero-order valence-corrected chi connectivity index (χ0v) is 21.7. The fraction of sp³-hybridized carbons (Fsp3) is 0.0690. The molecule has 1 aliphatic carbocycles. The van der Waals surface area contributed by atoms with Gasteiger partial charge in [-0.05, 0) is 0 Å². The number of phenols is 2. The van der Waals surface area contributed by atoms with E-state index in [1.807, 2.05) is 55.5 Å². The van der Waals surface area contributed by atoms with E-state index < -0.39 is 5.41 Å². The third-order valence-corrected chi connectivity index (χ3v) is 9.06. The Hall–Kier alpha value is -2.89. The molecule has 0 bridgehead atoms. The molecule has 4 aromatic carbocycles. The molecule has 7 heteroatoms. The summed E-state index contributed by atoms with van der Waals surface area (Å²) in [7, 11) is 19.0. The Balaban J connectivity index is 1.94. The Morgan fingerprint density at radius 3 is 2.36 bits per heavy atom. The summed E-state index contributed by atoms with van der Waals surface area (Å²) in [6.07, 6.45) is 4.01. The number of fused-ring (bicyclic) bond motifs is 8. The average Bonchev–Trinajstić information content (AvgIpc) is 3.16. The number of benzene rings is 4. The van der Waals surface area contributed by atoms with Crippen molar-refractivity contribution in [1.29, 1.82) is 0 Å². The molecule has 2 nitrogen and oxygen atoms in total. The first-order valence-electron chi connectivity index (χ1n) is 11.4. The van der Waals surface area contributed by atoms with Gasteiger partial charge in [0.15, 0.2) is 0 Å². The Bertz CT molecular complexity index is 1710. The van der Waals surface area contributed by atoms with Crippen LogP contribution in [0.25, 0.3) is 21.9 Å². The van der Waals surface area contributed by atoms with Gasteiger partial charge >= 0.3 is 227 Å². The SMILES string of the molecule is [B]c1ccc2c(c1)C1(C(C=[B])=C(/C=C\C)S2)c2cc3ccccc3cc2-c2c(O)c([B])c(O)c(Br)c21. The van der Waals surface area contributed by atoms with Crippen LogP contribution in [0.15, 0.2) is 86.6 Å². The van der Waals surface area contributed by atoms with Crippen LogP contribution in [0.5, 0.6) is 11.5 Å². The Morgan fingerprint density at radius 2 is 1.67 bits per heavy atom. The van der Waals surface area contributed by atoms with Gasteiger partial charge in [-0.25, -0.2) is 0 Å². The second kappa shape index (κ2) is 8.32. The molecule has 1 unspecified atom stereocenters. The summed E-state index contributed by atoms with van der Waals surface area (Å²) < 4.78 is 0.410. The van der Waals surface area contributed by atoms with E-state index in [9.17, 15) is 10.2 Å². The van der Waals surface area contributed by atoms with Crippen LogP contribution in [0.2, 0.25) is 0 Å². The van der Waals surface area contributed by atoms with E-state index >= 15 is 0 Å². The van der Waals surface area contributed by atoms with E-state index in [1.165, 1.54) is 0 Å². The van der Waals surface area contributed by atoms with Gasteiger partial charge in [0.05, 0.1) is 0 Å². The number of hydrogen-bond donors (Lipinski definition) is 2. The third-order valence-electron chi connectivity index (χ3n) is 7.14. The van der Waals surface area contributed by atoms with Crippen molar-refractivity contribution in [2.75, 3.05) is 0 Å². The Kier molecular flexibility index (Phi) is 5.44. The van der Waals surface area contributed by atoms with Gasteiger partial charge in [0.2, 0.25) is 0 Å². The van der Waals surface area contributed by atoms with Crippen molar-refractivity contribution in [2.45, 2.75) is 17.2 Å². The van der Waals surface area contributed by atoms with Crippen LogP contribution in [0, 0.1) is 0 Å². The minimum absolute atomic E-state index is 0.0781. The number of phenolic OH excluding ortho intramolecular Hbond substituents is 2. The average molecular weight is 542 g/mol. The van der Waals surface area contributed by atoms with Gasteiger partial charge < -0.3 is 0 Å². The Labute approximate surface area is 226 Å². The molecule has 0 amide bonds. The number of halogens is 1. The van der Waals surface area contributed by atoms with E-state index in [0.717, 1.165) is 42.8 Å². The van der Waals surface area contributed by atoms with Gasteiger partial charge in [-0.2, -0.15) is 0 Å². The van der Waals surface area contributed by atoms with Crippen molar-refractivity contribution in [3.8, 4) is 22.6 Å². The maximum absolute atomic E-state index is 11.4. The molecule has 167 valence electrons. The first kappa shape index (κ1) is 23.5. The summed E-state index contributed by atoms with van der Waals surface area (Å²) in [6, 6.07) is 18.2. The number of thioether (sulfide) groups is 1. The van der Waals surface area contributed by atoms with Crippen LogP contribution in [0.3, 0.4) is 0 Å². The van der Waals surface area contributed by atoms with Gasteiger partial charge in [0.25, 0.3) is 0 Å². The van der Waals surface area contributed by atoms with E-state index in [-0.39, 0.29) is 17.0 Å². The predicted molar refractivity (Wildman–Crippen MR) is 157 cm³/mol. The van der Waals surface area contributed by atoms with Crippen LogP contribution < -0.4 is 10.9 Å². The third kappa shape index (κ3) is 2.93. The summed E-state index contributed by atoms with van der Waals surface area (Å²) >= 11 is 5.27. The van der Waals surface area contributed by atoms with Crippen LogP contribution in [0.4, 0.5) is 0 Å². The topological polar surface area (TPSA) is 40.5 Å². The fourth-order valence-corrected chi connectivity index (χ4v) is 7.63. The van der Waals surface area contributed by atoms with Crippen LogP contribution in [-0.4, -0.2) is 39.4 Å². The molecule has 36 heavy (non-hydrogen) atoms. The van der Waals surface area contributed by atoms with Crippen molar-refractivity contribution in [3.63, 3.8) is 0 Å². The molecular weight excluding hydrogens is 525 g/mol. The predicted octanol–water partition coefficient (Wildman–Crippen LogP) is 4.82. The summed E-state index contributed by atoms with van der Waals surface area (Å²) in [6.45, 7) is 1.96. The van der Waals surface area contributed by atoms with E-state index in [0.29, 0.717) is 21.1 Å². The molecule has 4 aromatic rings. The molecule has 0 saturated heterocycles. The second-order valence-corrected chi connectivity index (χ2v) is 10.8. The van der Waals surface area contributed by atoms with Gasteiger partial charge in [-0.1, -0.05) is 0 Å². The van der Waals surface area contributed by atoms with Gasteiger partial charge in [-0.15, -0.1) is 0 Å². The first-order valence-corrected chi connectivity index (χ1v) is 13.0. The van der Waals surface area contributed by atoms with Crippen LogP contribution in [-0.2, 0) is 5.41 Å². The zero-order valence-electron chi connectivity index (χ0n) is 19.3. The first-order chi connectivity index (χ1) is 17.3. The molecule has 2 N–H and O–H groups in total. The number of hydrogen-bond acceptors (Lipinski definition) is 3. The van der Waals surface area contributed by atoms with Crippen LogP contribution in [0.1, 0.15) is 23.6 Å². The van der Waals surface area contributed by atoms with Crippen molar-refractivity contribution >= 4 is 78.5 Å².